The number of rotatable bonds is 2. The molecule has 166 valence electrons. The summed E-state index contributed by atoms with van der Waals surface area (Å²) in [6, 6.07) is 5.73. The van der Waals surface area contributed by atoms with E-state index in [1.165, 1.54) is 4.90 Å². The van der Waals surface area contributed by atoms with Crippen LogP contribution in [0.25, 0.3) is 0 Å². The van der Waals surface area contributed by atoms with Gasteiger partial charge in [-0.3, -0.25) is 4.79 Å². The quantitative estimate of drug-likeness (QED) is 0.753. The van der Waals surface area contributed by atoms with Crippen molar-refractivity contribution in [3.63, 3.8) is 0 Å². The maximum atomic E-state index is 14.9. The number of alkyl halides is 2. The molecule has 30 heavy (non-hydrogen) atoms. The molecule has 1 N–H and O–H groups in total. The van der Waals surface area contributed by atoms with Crippen LogP contribution in [-0.4, -0.2) is 69.3 Å². The summed E-state index contributed by atoms with van der Waals surface area (Å²) in [5.41, 5.74) is 0.678. The van der Waals surface area contributed by atoms with E-state index in [9.17, 15) is 22.0 Å². The smallest absolute Gasteiger partial charge is 0.274 e. The maximum Gasteiger partial charge on any atom is 0.274 e. The van der Waals surface area contributed by atoms with E-state index < -0.39 is 34.1 Å². The summed E-state index contributed by atoms with van der Waals surface area (Å²) in [6.45, 7) is -0.100. The van der Waals surface area contributed by atoms with Crippen molar-refractivity contribution in [1.82, 2.24) is 9.62 Å². The number of carbonyl (C=O) groups excluding carboxylic acids is 1. The van der Waals surface area contributed by atoms with Gasteiger partial charge in [-0.1, -0.05) is 18.2 Å². The predicted octanol–water partition coefficient (Wildman–Crippen LogP) is 1.89. The predicted molar refractivity (Wildman–Crippen MR) is 105 cm³/mol. The van der Waals surface area contributed by atoms with Crippen LogP contribution in [0.15, 0.2) is 24.3 Å². The van der Waals surface area contributed by atoms with Crippen molar-refractivity contribution in [1.29, 1.82) is 0 Å². The largest absolute Gasteiger partial charge is 0.483 e. The molecule has 4 atom stereocenters. The minimum absolute atomic E-state index is 0.156. The van der Waals surface area contributed by atoms with Crippen LogP contribution >= 0.6 is 0 Å². The third-order valence-corrected chi connectivity index (χ3v) is 6.91. The summed E-state index contributed by atoms with van der Waals surface area (Å²) < 4.78 is 67.2. The van der Waals surface area contributed by atoms with Gasteiger partial charge in [-0.15, -0.1) is 0 Å². The Hall–Kier alpha value is -1.78. The number of nitrogens with zero attached hydrogens (tertiary/aromatic N) is 1. The van der Waals surface area contributed by atoms with Crippen molar-refractivity contribution in [2.75, 3.05) is 26.0 Å². The van der Waals surface area contributed by atoms with Gasteiger partial charge in [-0.2, -0.15) is 0 Å². The van der Waals surface area contributed by atoms with Crippen LogP contribution < -0.4 is 9.46 Å². The first-order valence-corrected chi connectivity index (χ1v) is 12.0. The number of para-hydroxylation sites is 1. The molecule has 0 aromatic heterocycles. The summed E-state index contributed by atoms with van der Waals surface area (Å²) in [6.07, 6.45) is 0.495. The molecule has 1 aromatic rings. The Bertz CT molecular complexity index is 910. The lowest BCUT2D eigenvalue weighted by atomic mass is 9.80. The standard InChI is InChI=1S/C20H26F2N2O5S/c1-30(26,27)23-15-8-9-24-16(15)11-29-18-7-6-13(10-20(18,21)22)14-4-2-3-5-17(14)28-12-19(24)25/h2-5,13,15-16,18,23H,6-12H2,1H3/t13-,15+,16+,18+/m1/s1. The number of nitrogens with one attached hydrogen (secondary N) is 1. The molecule has 1 aromatic carbocycles. The Kier molecular flexibility index (Phi) is 5.75. The van der Waals surface area contributed by atoms with Crippen molar-refractivity contribution >= 4 is 15.9 Å². The number of amides is 1. The monoisotopic (exact) mass is 444 g/mol. The second-order valence-electron chi connectivity index (χ2n) is 8.33. The minimum atomic E-state index is -3.53. The van der Waals surface area contributed by atoms with Crippen molar-refractivity contribution in [2.24, 2.45) is 0 Å². The van der Waals surface area contributed by atoms with E-state index in [1.807, 2.05) is 0 Å². The van der Waals surface area contributed by atoms with Gasteiger partial charge in [0, 0.05) is 19.0 Å². The van der Waals surface area contributed by atoms with Crippen LogP contribution in [-0.2, 0) is 19.6 Å². The molecule has 3 heterocycles. The number of ether oxygens (including phenoxy) is 2. The average Bonchev–Trinajstić information content (AvgIpc) is 3.05. The molecule has 0 spiro atoms. The van der Waals surface area contributed by atoms with E-state index in [0.29, 0.717) is 30.7 Å². The highest BCUT2D eigenvalue weighted by molar-refractivity contribution is 7.88. The number of benzene rings is 1. The Morgan fingerprint density at radius 3 is 2.70 bits per heavy atom. The van der Waals surface area contributed by atoms with Crippen molar-refractivity contribution in [3.8, 4) is 5.75 Å². The number of hydrogen-bond acceptors (Lipinski definition) is 5. The number of fused-ring (bicyclic) bond motifs is 5. The highest BCUT2D eigenvalue weighted by Crippen LogP contribution is 2.45. The third-order valence-electron chi connectivity index (χ3n) is 6.18. The van der Waals surface area contributed by atoms with Crippen LogP contribution in [0.1, 0.15) is 37.2 Å². The first kappa shape index (κ1) is 21.5. The van der Waals surface area contributed by atoms with Gasteiger partial charge in [0.25, 0.3) is 11.8 Å². The zero-order chi connectivity index (χ0) is 21.5. The van der Waals surface area contributed by atoms with Crippen LogP contribution in [0.5, 0.6) is 5.75 Å². The number of halogens is 2. The molecule has 1 saturated heterocycles. The molecule has 7 nitrogen and oxygen atoms in total. The lowest BCUT2D eigenvalue weighted by Crippen LogP contribution is -2.51. The molecule has 0 unspecified atom stereocenters. The second kappa shape index (κ2) is 8.05. The molecule has 3 aliphatic heterocycles. The number of carbonyl (C=O) groups is 1. The molecule has 10 heteroatoms. The summed E-state index contributed by atoms with van der Waals surface area (Å²) in [5, 5.41) is 0. The topological polar surface area (TPSA) is 84.9 Å². The van der Waals surface area contributed by atoms with Gasteiger partial charge in [0.15, 0.2) is 6.61 Å². The molecule has 5 rings (SSSR count). The van der Waals surface area contributed by atoms with Gasteiger partial charge in [-0.25, -0.2) is 21.9 Å². The number of sulfonamides is 1. The van der Waals surface area contributed by atoms with E-state index in [1.54, 1.807) is 24.3 Å². The fraction of sp³-hybridized carbons (Fsp3) is 0.650. The summed E-state index contributed by atoms with van der Waals surface area (Å²) in [7, 11) is -3.53. The Labute approximate surface area is 174 Å². The van der Waals surface area contributed by atoms with Crippen molar-refractivity contribution < 1.29 is 31.5 Å². The fourth-order valence-corrected chi connectivity index (χ4v) is 5.59. The summed E-state index contributed by atoms with van der Waals surface area (Å²) in [4.78, 5) is 14.3. The average molecular weight is 445 g/mol. The molecule has 0 radical (unpaired) electrons. The van der Waals surface area contributed by atoms with E-state index in [2.05, 4.69) is 4.72 Å². The first-order valence-electron chi connectivity index (χ1n) is 10.1. The lowest BCUT2D eigenvalue weighted by Gasteiger charge is -2.37. The van der Waals surface area contributed by atoms with Crippen LogP contribution in [0.3, 0.4) is 0 Å². The zero-order valence-corrected chi connectivity index (χ0v) is 17.5. The van der Waals surface area contributed by atoms with Crippen LogP contribution in [0.2, 0.25) is 0 Å². The molecule has 1 saturated carbocycles. The molecule has 1 amide bonds. The van der Waals surface area contributed by atoms with E-state index in [-0.39, 0.29) is 37.9 Å². The Morgan fingerprint density at radius 2 is 1.97 bits per heavy atom. The van der Waals surface area contributed by atoms with E-state index in [0.717, 1.165) is 6.26 Å². The SMILES string of the molecule is CS(=O)(=O)N[C@H]1CCN2C(=O)COc3ccccc3[C@@H]3CC[C@H](OC[C@@H]12)C(F)(F)C3. The molecule has 2 bridgehead atoms. The maximum absolute atomic E-state index is 14.9. The highest BCUT2D eigenvalue weighted by atomic mass is 32.2. The van der Waals surface area contributed by atoms with E-state index >= 15 is 0 Å². The van der Waals surface area contributed by atoms with Gasteiger partial charge in [0.05, 0.1) is 18.9 Å². The second-order valence-corrected chi connectivity index (χ2v) is 10.1. The Balaban J connectivity index is 1.66. The lowest BCUT2D eigenvalue weighted by molar-refractivity contribution is -0.168. The molecule has 1 aliphatic carbocycles. The number of hydrogen-bond donors (Lipinski definition) is 1. The first-order chi connectivity index (χ1) is 14.1. The molecular weight excluding hydrogens is 418 g/mol. The van der Waals surface area contributed by atoms with Gasteiger partial charge in [0.2, 0.25) is 10.0 Å². The van der Waals surface area contributed by atoms with Crippen molar-refractivity contribution in [2.45, 2.75) is 55.7 Å². The van der Waals surface area contributed by atoms with Crippen LogP contribution in [0.4, 0.5) is 8.78 Å². The summed E-state index contributed by atoms with van der Waals surface area (Å²) >= 11 is 0. The van der Waals surface area contributed by atoms with Gasteiger partial charge < -0.3 is 14.4 Å². The normalized spacial score (nSPS) is 31.7. The highest BCUT2D eigenvalue weighted by Gasteiger charge is 2.48. The molecule has 4 aliphatic rings. The zero-order valence-electron chi connectivity index (χ0n) is 16.7. The fourth-order valence-electron chi connectivity index (χ4n) is 4.76. The van der Waals surface area contributed by atoms with Crippen molar-refractivity contribution in [3.05, 3.63) is 29.8 Å². The summed E-state index contributed by atoms with van der Waals surface area (Å²) in [5.74, 6) is -3.30. The third kappa shape index (κ3) is 4.45. The minimum Gasteiger partial charge on any atom is -0.483 e. The molecular formula is C20H26F2N2O5S. The van der Waals surface area contributed by atoms with E-state index in [4.69, 9.17) is 9.47 Å². The van der Waals surface area contributed by atoms with Gasteiger partial charge >= 0.3 is 0 Å². The molecule has 2 fully saturated rings. The van der Waals surface area contributed by atoms with Gasteiger partial charge in [-0.05, 0) is 36.8 Å². The Morgan fingerprint density at radius 1 is 1.20 bits per heavy atom. The van der Waals surface area contributed by atoms with Gasteiger partial charge in [0.1, 0.15) is 11.9 Å². The van der Waals surface area contributed by atoms with Crippen LogP contribution in [0, 0.1) is 0 Å².